The number of rotatable bonds is 0. The Balaban J connectivity index is 2.16. The van der Waals surface area contributed by atoms with Crippen molar-refractivity contribution in [3.8, 4) is 0 Å². The Bertz CT molecular complexity index is 154. The third-order valence-corrected chi connectivity index (χ3v) is 11.3. The second-order valence-corrected chi connectivity index (χ2v) is 9.62. The van der Waals surface area contributed by atoms with Crippen LogP contribution < -0.4 is 0 Å². The van der Waals surface area contributed by atoms with Crippen molar-refractivity contribution >= 4 is 45.1 Å². The van der Waals surface area contributed by atoms with E-state index in [-0.39, 0.29) is 0 Å². The smallest absolute Gasteiger partial charge is 0.0929 e. The average molecular weight is 224 g/mol. The molecule has 11 heavy (non-hydrogen) atoms. The van der Waals surface area contributed by atoms with Crippen LogP contribution in [0.3, 0.4) is 0 Å². The highest BCUT2D eigenvalue weighted by Gasteiger charge is 2.56. The van der Waals surface area contributed by atoms with Gasteiger partial charge in [-0.2, -0.15) is 0 Å². The number of fused-ring (bicyclic) bond motifs is 1. The Labute approximate surface area is 84.8 Å². The molecular weight excluding hydrogens is 212 g/mol. The third kappa shape index (κ3) is 1.34. The predicted molar refractivity (Wildman–Crippen MR) is 61.5 cm³/mol. The number of hydrogen-bond donors (Lipinski definition) is 0. The number of hydrogen-bond acceptors (Lipinski definition) is 4. The van der Waals surface area contributed by atoms with Gasteiger partial charge in [-0.3, -0.25) is 0 Å². The van der Waals surface area contributed by atoms with Gasteiger partial charge < -0.3 is 0 Å². The van der Waals surface area contributed by atoms with Crippen molar-refractivity contribution in [1.29, 1.82) is 0 Å². The summed E-state index contributed by atoms with van der Waals surface area (Å²) in [6, 6.07) is 0. The van der Waals surface area contributed by atoms with Crippen LogP contribution in [0, 0.1) is 0 Å². The second-order valence-electron chi connectivity index (χ2n) is 3.11. The summed E-state index contributed by atoms with van der Waals surface area (Å²) in [5, 5.41) is 0. The van der Waals surface area contributed by atoms with Crippen molar-refractivity contribution < 1.29 is 0 Å². The Morgan fingerprint density at radius 2 is 1.36 bits per heavy atom. The third-order valence-electron chi connectivity index (χ3n) is 2.23. The van der Waals surface area contributed by atoms with E-state index < -0.39 is 0 Å². The Morgan fingerprint density at radius 3 is 1.73 bits per heavy atom. The molecule has 0 saturated carbocycles. The molecule has 0 aromatic rings. The average Bonchev–Trinajstić information content (AvgIpc) is 2.07. The molecule has 0 bridgehead atoms. The summed E-state index contributed by atoms with van der Waals surface area (Å²) in [6.07, 6.45) is 1.39. The summed E-state index contributed by atoms with van der Waals surface area (Å²) in [5.41, 5.74) is 0. The van der Waals surface area contributed by atoms with Gasteiger partial charge in [0.15, 0.2) is 0 Å². The molecule has 2 aliphatic heterocycles. The molecule has 2 unspecified atom stereocenters. The van der Waals surface area contributed by atoms with Gasteiger partial charge in [0.05, 0.1) is 8.16 Å². The van der Waals surface area contributed by atoms with Crippen molar-refractivity contribution in [1.82, 2.24) is 0 Å². The molecule has 2 heterocycles. The molecule has 0 aromatic carbocycles. The minimum absolute atomic E-state index is 0.499. The van der Waals surface area contributed by atoms with Crippen LogP contribution in [-0.4, -0.2) is 19.7 Å². The predicted octanol–water partition coefficient (Wildman–Crippen LogP) is 3.68. The molecule has 2 fully saturated rings. The van der Waals surface area contributed by atoms with E-state index in [9.17, 15) is 0 Å². The van der Waals surface area contributed by atoms with Crippen molar-refractivity contribution in [2.24, 2.45) is 0 Å². The largest absolute Gasteiger partial charge is 0.141 e. The molecule has 2 atom stereocenters. The zero-order chi connectivity index (χ0) is 7.95. The lowest BCUT2D eigenvalue weighted by Crippen LogP contribution is -2.44. The van der Waals surface area contributed by atoms with E-state index in [4.69, 9.17) is 0 Å². The molecule has 2 saturated heterocycles. The van der Waals surface area contributed by atoms with Crippen LogP contribution in [0.2, 0.25) is 0 Å². The molecule has 0 nitrogen and oxygen atoms in total. The second kappa shape index (κ2) is 2.96. The summed E-state index contributed by atoms with van der Waals surface area (Å²) >= 11 is 4.31. The van der Waals surface area contributed by atoms with Crippen molar-refractivity contribution in [3.63, 3.8) is 0 Å². The molecule has 0 N–H and O–H groups in total. The summed E-state index contributed by atoms with van der Waals surface area (Å²) < 4.78 is 0.998. The highest BCUT2D eigenvalue weighted by atomic mass is 33.1. The lowest BCUT2D eigenvalue weighted by Gasteiger charge is -2.51. The first kappa shape index (κ1) is 8.97. The highest BCUT2D eigenvalue weighted by Crippen LogP contribution is 2.73. The Morgan fingerprint density at radius 1 is 0.909 bits per heavy atom. The van der Waals surface area contributed by atoms with E-state index in [1.807, 2.05) is 0 Å². The zero-order valence-corrected chi connectivity index (χ0v) is 10.0. The molecule has 4 heteroatoms. The van der Waals surface area contributed by atoms with Crippen molar-refractivity contribution in [3.05, 3.63) is 0 Å². The van der Waals surface area contributed by atoms with Gasteiger partial charge in [0.2, 0.25) is 0 Å². The van der Waals surface area contributed by atoms with Crippen LogP contribution in [0.4, 0.5) is 0 Å². The van der Waals surface area contributed by atoms with Crippen LogP contribution >= 0.6 is 45.1 Å². The fourth-order valence-electron chi connectivity index (χ4n) is 1.18. The van der Waals surface area contributed by atoms with Gasteiger partial charge in [-0.25, -0.2) is 0 Å². The minimum atomic E-state index is 0.499. The topological polar surface area (TPSA) is 0 Å². The minimum Gasteiger partial charge on any atom is -0.141 e. The maximum absolute atomic E-state index is 2.40. The molecule has 0 aliphatic carbocycles. The van der Waals surface area contributed by atoms with Gasteiger partial charge in [0, 0.05) is 0 Å². The molecule has 2 aliphatic rings. The Hall–Kier alpha value is 1.40. The fourth-order valence-corrected chi connectivity index (χ4v) is 9.14. The SMILES string of the molecule is CC12SCCCSC1(C)SS2. The van der Waals surface area contributed by atoms with Gasteiger partial charge in [-0.15, -0.1) is 23.5 Å². The van der Waals surface area contributed by atoms with Crippen LogP contribution in [0.25, 0.3) is 0 Å². The molecule has 0 aromatic heterocycles. The molecule has 64 valence electrons. The van der Waals surface area contributed by atoms with Crippen LogP contribution in [-0.2, 0) is 0 Å². The van der Waals surface area contributed by atoms with Gasteiger partial charge in [-0.05, 0) is 31.8 Å². The van der Waals surface area contributed by atoms with Gasteiger partial charge in [0.25, 0.3) is 0 Å². The normalized spacial score (nSPS) is 50.7. The van der Waals surface area contributed by atoms with E-state index in [1.165, 1.54) is 17.9 Å². The maximum Gasteiger partial charge on any atom is 0.0929 e. The monoisotopic (exact) mass is 224 g/mol. The van der Waals surface area contributed by atoms with E-state index in [0.29, 0.717) is 8.16 Å². The molecular formula is C7H12S4. The summed E-state index contributed by atoms with van der Waals surface area (Å²) in [4.78, 5) is 0. The lowest BCUT2D eigenvalue weighted by atomic mass is 10.3. The number of thioether (sulfide) groups is 2. The quantitative estimate of drug-likeness (QED) is 0.575. The van der Waals surface area contributed by atoms with E-state index in [0.717, 1.165) is 0 Å². The summed E-state index contributed by atoms with van der Waals surface area (Å²) in [7, 11) is 4.13. The standard InChI is InChI=1S/C7H12S4/c1-6-7(2,11-10-6)9-5-3-4-8-6/h3-5H2,1-2H3. The van der Waals surface area contributed by atoms with Gasteiger partial charge in [0.1, 0.15) is 0 Å². The zero-order valence-electron chi connectivity index (χ0n) is 6.75. The van der Waals surface area contributed by atoms with Gasteiger partial charge >= 0.3 is 0 Å². The first-order valence-electron chi connectivity index (χ1n) is 3.81. The van der Waals surface area contributed by atoms with Crippen molar-refractivity contribution in [2.45, 2.75) is 28.4 Å². The molecule has 0 amide bonds. The first-order chi connectivity index (χ1) is 5.16. The first-order valence-corrected chi connectivity index (χ1v) is 7.93. The molecule has 0 radical (unpaired) electrons. The van der Waals surface area contributed by atoms with E-state index in [1.54, 1.807) is 0 Å². The summed E-state index contributed by atoms with van der Waals surface area (Å²) in [6.45, 7) is 4.80. The van der Waals surface area contributed by atoms with Gasteiger partial charge in [-0.1, -0.05) is 21.6 Å². The van der Waals surface area contributed by atoms with Crippen LogP contribution in [0.1, 0.15) is 20.3 Å². The molecule has 0 spiro atoms. The van der Waals surface area contributed by atoms with Crippen LogP contribution in [0.15, 0.2) is 0 Å². The Kier molecular flexibility index (Phi) is 2.42. The van der Waals surface area contributed by atoms with Crippen LogP contribution in [0.5, 0.6) is 0 Å². The molecule has 2 rings (SSSR count). The summed E-state index contributed by atoms with van der Waals surface area (Å²) in [5.74, 6) is 2.71. The lowest BCUT2D eigenvalue weighted by molar-refractivity contribution is 0.809. The maximum atomic E-state index is 2.40. The van der Waals surface area contributed by atoms with Crippen molar-refractivity contribution in [2.75, 3.05) is 11.5 Å². The van der Waals surface area contributed by atoms with E-state index in [2.05, 4.69) is 59.0 Å². The fraction of sp³-hybridized carbons (Fsp3) is 1.00. The van der Waals surface area contributed by atoms with E-state index >= 15 is 0 Å². The highest BCUT2D eigenvalue weighted by molar-refractivity contribution is 8.84.